The first-order chi connectivity index (χ1) is 9.38. The Morgan fingerprint density at radius 2 is 1.50 bits per heavy atom. The maximum atomic E-state index is 9.48. The molecule has 0 aliphatic heterocycles. The molecule has 0 saturated heterocycles. The summed E-state index contributed by atoms with van der Waals surface area (Å²) in [5.74, 6) is 0.309. The number of rotatable bonds is 3. The van der Waals surface area contributed by atoms with Crippen molar-refractivity contribution in [2.75, 3.05) is 5.32 Å². The Morgan fingerprint density at radius 1 is 0.900 bits per heavy atom. The van der Waals surface area contributed by atoms with Gasteiger partial charge in [-0.3, -0.25) is 0 Å². The van der Waals surface area contributed by atoms with E-state index in [0.29, 0.717) is 5.75 Å². The van der Waals surface area contributed by atoms with Crippen molar-refractivity contribution in [1.29, 1.82) is 0 Å². The Kier molecular flexibility index (Phi) is 4.03. The number of hydrogen-bond donors (Lipinski definition) is 2. The van der Waals surface area contributed by atoms with Crippen LogP contribution in [-0.2, 0) is 0 Å². The van der Waals surface area contributed by atoms with Crippen molar-refractivity contribution >= 4 is 5.69 Å². The molecule has 0 saturated carbocycles. The summed E-state index contributed by atoms with van der Waals surface area (Å²) >= 11 is 0. The number of nitrogens with one attached hydrogen (secondary N) is 1. The molecule has 2 aromatic carbocycles. The highest BCUT2D eigenvalue weighted by atomic mass is 16.3. The monoisotopic (exact) mass is 269 g/mol. The Labute approximate surface area is 121 Å². The van der Waals surface area contributed by atoms with E-state index in [1.165, 1.54) is 22.3 Å². The van der Waals surface area contributed by atoms with Gasteiger partial charge in [0.25, 0.3) is 0 Å². The first kappa shape index (κ1) is 14.4. The van der Waals surface area contributed by atoms with Crippen molar-refractivity contribution in [3.63, 3.8) is 0 Å². The van der Waals surface area contributed by atoms with Crippen LogP contribution in [0.5, 0.6) is 5.75 Å². The third-order valence-corrected chi connectivity index (χ3v) is 3.75. The summed E-state index contributed by atoms with van der Waals surface area (Å²) in [7, 11) is 0. The fraction of sp³-hybridized carbons (Fsp3) is 0.333. The van der Waals surface area contributed by atoms with E-state index in [-0.39, 0.29) is 6.04 Å². The van der Waals surface area contributed by atoms with Crippen LogP contribution < -0.4 is 5.32 Å². The molecule has 1 unspecified atom stereocenters. The molecule has 0 radical (unpaired) electrons. The van der Waals surface area contributed by atoms with Gasteiger partial charge in [-0.25, -0.2) is 0 Å². The molecule has 1 atom stereocenters. The lowest BCUT2D eigenvalue weighted by Gasteiger charge is -2.22. The molecule has 2 N–H and O–H groups in total. The maximum Gasteiger partial charge on any atom is 0.115 e. The zero-order chi connectivity index (χ0) is 14.9. The van der Waals surface area contributed by atoms with Crippen LogP contribution in [-0.4, -0.2) is 5.11 Å². The fourth-order valence-electron chi connectivity index (χ4n) is 2.99. The second kappa shape index (κ2) is 5.58. The van der Waals surface area contributed by atoms with Crippen molar-refractivity contribution < 1.29 is 5.11 Å². The molecule has 2 rings (SSSR count). The number of aryl methyl sites for hydroxylation is 4. The lowest BCUT2D eigenvalue weighted by molar-refractivity contribution is 0.475. The Hall–Kier alpha value is -1.96. The van der Waals surface area contributed by atoms with Crippen LogP contribution in [0.1, 0.15) is 40.8 Å². The van der Waals surface area contributed by atoms with Gasteiger partial charge in [0, 0.05) is 11.7 Å². The van der Waals surface area contributed by atoms with E-state index < -0.39 is 0 Å². The Balaban J connectivity index is 2.31. The SMILES string of the molecule is Cc1cc(C)c(C(C)Nc2ccc(O)cc2C)c(C)c1. The minimum Gasteiger partial charge on any atom is -0.508 e. The molecule has 0 bridgehead atoms. The summed E-state index contributed by atoms with van der Waals surface area (Å²) in [5.41, 5.74) is 7.41. The van der Waals surface area contributed by atoms with Gasteiger partial charge >= 0.3 is 0 Å². The average Bonchev–Trinajstić information content (AvgIpc) is 2.31. The minimum absolute atomic E-state index is 0.235. The van der Waals surface area contributed by atoms with Gasteiger partial charge in [0.2, 0.25) is 0 Å². The second-order valence-electron chi connectivity index (χ2n) is 5.68. The zero-order valence-corrected chi connectivity index (χ0v) is 12.9. The van der Waals surface area contributed by atoms with Gasteiger partial charge in [0.15, 0.2) is 0 Å². The number of hydrogen-bond acceptors (Lipinski definition) is 2. The summed E-state index contributed by atoms with van der Waals surface area (Å²) in [5, 5.41) is 13.0. The topological polar surface area (TPSA) is 32.3 Å². The highest BCUT2D eigenvalue weighted by Crippen LogP contribution is 2.28. The summed E-state index contributed by atoms with van der Waals surface area (Å²) in [6.07, 6.45) is 0. The van der Waals surface area contributed by atoms with E-state index in [1.807, 2.05) is 13.0 Å². The molecule has 106 valence electrons. The van der Waals surface area contributed by atoms with Crippen LogP contribution in [0, 0.1) is 27.7 Å². The lowest BCUT2D eigenvalue weighted by atomic mass is 9.94. The highest BCUT2D eigenvalue weighted by molar-refractivity contribution is 5.55. The molecule has 0 aliphatic carbocycles. The molecule has 20 heavy (non-hydrogen) atoms. The van der Waals surface area contributed by atoms with Crippen molar-refractivity contribution in [1.82, 2.24) is 0 Å². The highest BCUT2D eigenvalue weighted by Gasteiger charge is 2.12. The zero-order valence-electron chi connectivity index (χ0n) is 12.9. The van der Waals surface area contributed by atoms with Crippen LogP contribution in [0.15, 0.2) is 30.3 Å². The summed E-state index contributed by atoms with van der Waals surface area (Å²) in [6.45, 7) is 10.6. The molecule has 0 fully saturated rings. The number of aromatic hydroxyl groups is 1. The third-order valence-electron chi connectivity index (χ3n) is 3.75. The molecular formula is C18H23NO. The maximum absolute atomic E-state index is 9.48. The van der Waals surface area contributed by atoms with Crippen LogP contribution in [0.3, 0.4) is 0 Å². The number of benzene rings is 2. The van der Waals surface area contributed by atoms with Gasteiger partial charge in [0.05, 0.1) is 0 Å². The van der Waals surface area contributed by atoms with E-state index in [9.17, 15) is 5.11 Å². The van der Waals surface area contributed by atoms with Crippen LogP contribution in [0.25, 0.3) is 0 Å². The van der Waals surface area contributed by atoms with Crippen molar-refractivity contribution in [3.8, 4) is 5.75 Å². The molecule has 2 aromatic rings. The van der Waals surface area contributed by atoms with E-state index in [0.717, 1.165) is 11.3 Å². The molecule has 0 heterocycles. The number of anilines is 1. The van der Waals surface area contributed by atoms with Crippen LogP contribution in [0.2, 0.25) is 0 Å². The predicted octanol–water partition coefficient (Wildman–Crippen LogP) is 4.80. The van der Waals surface area contributed by atoms with Gasteiger partial charge in [0.1, 0.15) is 5.75 Å². The Morgan fingerprint density at radius 3 is 2.05 bits per heavy atom. The normalized spacial score (nSPS) is 12.2. The third kappa shape index (κ3) is 2.96. The quantitative estimate of drug-likeness (QED) is 0.784. The minimum atomic E-state index is 0.235. The molecule has 2 heteroatoms. The molecule has 0 aliphatic rings. The van der Waals surface area contributed by atoms with Gasteiger partial charge in [-0.05, 0) is 75.1 Å². The van der Waals surface area contributed by atoms with Gasteiger partial charge in [-0.1, -0.05) is 17.7 Å². The second-order valence-corrected chi connectivity index (χ2v) is 5.68. The van der Waals surface area contributed by atoms with Gasteiger partial charge < -0.3 is 10.4 Å². The van der Waals surface area contributed by atoms with E-state index in [2.05, 4.69) is 45.1 Å². The summed E-state index contributed by atoms with van der Waals surface area (Å²) in [6, 6.07) is 10.1. The van der Waals surface area contributed by atoms with Gasteiger partial charge in [-0.2, -0.15) is 0 Å². The molecule has 0 aromatic heterocycles. The predicted molar refractivity (Wildman–Crippen MR) is 85.5 cm³/mol. The largest absolute Gasteiger partial charge is 0.508 e. The number of phenols is 1. The van der Waals surface area contributed by atoms with Crippen molar-refractivity contribution in [3.05, 3.63) is 58.1 Å². The van der Waals surface area contributed by atoms with Crippen molar-refractivity contribution in [2.45, 2.75) is 40.7 Å². The standard InChI is InChI=1S/C18H23NO/c1-11-8-13(3)18(14(4)9-11)15(5)19-17-7-6-16(20)10-12(17)2/h6-10,15,19-20H,1-5H3. The Bertz CT molecular complexity index is 608. The molecular weight excluding hydrogens is 246 g/mol. The first-order valence-corrected chi connectivity index (χ1v) is 7.02. The fourth-order valence-corrected chi connectivity index (χ4v) is 2.99. The average molecular weight is 269 g/mol. The van der Waals surface area contributed by atoms with Gasteiger partial charge in [-0.15, -0.1) is 0 Å². The smallest absolute Gasteiger partial charge is 0.115 e. The van der Waals surface area contributed by atoms with Crippen molar-refractivity contribution in [2.24, 2.45) is 0 Å². The van der Waals surface area contributed by atoms with Crippen LogP contribution in [0.4, 0.5) is 5.69 Å². The van der Waals surface area contributed by atoms with Crippen LogP contribution >= 0.6 is 0 Å². The molecule has 2 nitrogen and oxygen atoms in total. The molecule has 0 amide bonds. The molecule has 0 spiro atoms. The summed E-state index contributed by atoms with van der Waals surface area (Å²) in [4.78, 5) is 0. The first-order valence-electron chi connectivity index (χ1n) is 7.02. The summed E-state index contributed by atoms with van der Waals surface area (Å²) < 4.78 is 0. The number of phenolic OH excluding ortho intramolecular Hbond substituents is 1. The lowest BCUT2D eigenvalue weighted by Crippen LogP contribution is -2.11. The van der Waals surface area contributed by atoms with E-state index in [4.69, 9.17) is 0 Å². The van der Waals surface area contributed by atoms with E-state index >= 15 is 0 Å². The van der Waals surface area contributed by atoms with E-state index in [1.54, 1.807) is 12.1 Å².